The van der Waals surface area contributed by atoms with Crippen LogP contribution in [0.15, 0.2) is 77.0 Å². The van der Waals surface area contributed by atoms with Gasteiger partial charge in [0.1, 0.15) is 11.4 Å². The molecule has 0 bridgehead atoms. The van der Waals surface area contributed by atoms with Gasteiger partial charge in [-0.05, 0) is 46.7 Å². The molecule has 156 valence electrons. The molecular formula is C26H31N3O. The van der Waals surface area contributed by atoms with Crippen LogP contribution in [0.4, 0.5) is 22.7 Å². The molecule has 3 aromatic carbocycles. The van der Waals surface area contributed by atoms with Gasteiger partial charge in [0.2, 0.25) is 0 Å². The summed E-state index contributed by atoms with van der Waals surface area (Å²) in [7, 11) is 0. The van der Waals surface area contributed by atoms with Gasteiger partial charge in [0, 0.05) is 5.56 Å². The van der Waals surface area contributed by atoms with Crippen molar-refractivity contribution in [3.05, 3.63) is 77.9 Å². The summed E-state index contributed by atoms with van der Waals surface area (Å²) in [5.41, 5.74) is 4.81. The summed E-state index contributed by atoms with van der Waals surface area (Å²) >= 11 is 0. The van der Waals surface area contributed by atoms with Gasteiger partial charge in [-0.2, -0.15) is 5.11 Å². The molecule has 0 aliphatic carbocycles. The Morgan fingerprint density at radius 1 is 0.700 bits per heavy atom. The van der Waals surface area contributed by atoms with Crippen LogP contribution in [0.3, 0.4) is 0 Å². The van der Waals surface area contributed by atoms with Crippen LogP contribution >= 0.6 is 0 Å². The van der Waals surface area contributed by atoms with E-state index in [0.29, 0.717) is 11.4 Å². The molecule has 0 aromatic heterocycles. The first-order chi connectivity index (χ1) is 14.1. The number of phenolic OH excluding ortho intramolecular Hbond substituents is 1. The molecule has 0 saturated carbocycles. The Bertz CT molecular complexity index is 1040. The molecule has 0 aliphatic rings. The Labute approximate surface area is 179 Å². The van der Waals surface area contributed by atoms with Crippen molar-refractivity contribution in [2.75, 3.05) is 5.32 Å². The van der Waals surface area contributed by atoms with Crippen molar-refractivity contribution < 1.29 is 5.11 Å². The van der Waals surface area contributed by atoms with E-state index in [2.05, 4.69) is 63.2 Å². The van der Waals surface area contributed by atoms with E-state index in [4.69, 9.17) is 0 Å². The zero-order valence-corrected chi connectivity index (χ0v) is 18.7. The number of anilines is 2. The number of phenols is 1. The van der Waals surface area contributed by atoms with E-state index < -0.39 is 0 Å². The summed E-state index contributed by atoms with van der Waals surface area (Å²) in [6, 6.07) is 21.5. The highest BCUT2D eigenvalue weighted by molar-refractivity contribution is 5.76. The summed E-state index contributed by atoms with van der Waals surface area (Å²) in [5, 5.41) is 23.2. The lowest BCUT2D eigenvalue weighted by molar-refractivity contribution is 0.447. The molecule has 0 fully saturated rings. The maximum absolute atomic E-state index is 11.1. The van der Waals surface area contributed by atoms with Crippen LogP contribution in [0.1, 0.15) is 52.7 Å². The van der Waals surface area contributed by atoms with Crippen LogP contribution in [0.2, 0.25) is 0 Å². The normalized spacial score (nSPS) is 12.3. The second-order valence-corrected chi connectivity index (χ2v) is 9.60. The maximum atomic E-state index is 11.1. The number of benzene rings is 3. The molecule has 0 aliphatic heterocycles. The Morgan fingerprint density at radius 3 is 1.97 bits per heavy atom. The number of nitrogens with one attached hydrogen (secondary N) is 1. The van der Waals surface area contributed by atoms with Crippen LogP contribution in [0.25, 0.3) is 0 Å². The van der Waals surface area contributed by atoms with Crippen molar-refractivity contribution >= 4 is 22.7 Å². The lowest BCUT2D eigenvalue weighted by Gasteiger charge is -2.28. The van der Waals surface area contributed by atoms with E-state index in [0.717, 1.165) is 22.5 Å². The van der Waals surface area contributed by atoms with Gasteiger partial charge in [0.15, 0.2) is 0 Å². The van der Waals surface area contributed by atoms with Crippen LogP contribution in [0.5, 0.6) is 5.75 Å². The van der Waals surface area contributed by atoms with Crippen molar-refractivity contribution in [1.29, 1.82) is 0 Å². The average Bonchev–Trinajstić information content (AvgIpc) is 2.68. The number of azo groups is 1. The molecule has 2 N–H and O–H groups in total. The largest absolute Gasteiger partial charge is 0.505 e. The third-order valence-corrected chi connectivity index (χ3v) is 4.99. The van der Waals surface area contributed by atoms with Crippen LogP contribution in [0, 0.1) is 0 Å². The Kier molecular flexibility index (Phi) is 5.97. The fourth-order valence-electron chi connectivity index (χ4n) is 3.15. The summed E-state index contributed by atoms with van der Waals surface area (Å²) in [6.07, 6.45) is 0. The van der Waals surface area contributed by atoms with Gasteiger partial charge in [-0.15, -0.1) is 5.11 Å². The minimum Gasteiger partial charge on any atom is -0.505 e. The topological polar surface area (TPSA) is 57.0 Å². The molecule has 0 heterocycles. The molecule has 30 heavy (non-hydrogen) atoms. The SMILES string of the molecule is CC(C)(C)c1cc(Nc2ccccc2N=Nc2ccccc2)c(O)c(C(C)(C)C)c1. The summed E-state index contributed by atoms with van der Waals surface area (Å²) in [5.74, 6) is 0.269. The first kappa shape index (κ1) is 21.6. The van der Waals surface area contributed by atoms with E-state index in [-0.39, 0.29) is 16.6 Å². The molecular weight excluding hydrogens is 370 g/mol. The van der Waals surface area contributed by atoms with Crippen molar-refractivity contribution in [2.24, 2.45) is 10.2 Å². The van der Waals surface area contributed by atoms with Gasteiger partial charge in [-0.1, -0.05) is 77.9 Å². The number of hydrogen-bond donors (Lipinski definition) is 2. The highest BCUT2D eigenvalue weighted by atomic mass is 16.3. The van der Waals surface area contributed by atoms with Crippen molar-refractivity contribution in [2.45, 2.75) is 52.4 Å². The van der Waals surface area contributed by atoms with Gasteiger partial charge >= 0.3 is 0 Å². The molecule has 0 saturated heterocycles. The predicted octanol–water partition coefficient (Wildman–Crippen LogP) is 8.15. The minimum absolute atomic E-state index is 0.0450. The number of nitrogens with zero attached hydrogens (tertiary/aromatic N) is 2. The van der Waals surface area contributed by atoms with Crippen LogP contribution in [-0.2, 0) is 10.8 Å². The van der Waals surface area contributed by atoms with E-state index in [1.54, 1.807) is 0 Å². The Hall–Kier alpha value is -3.14. The fourth-order valence-corrected chi connectivity index (χ4v) is 3.15. The summed E-state index contributed by atoms with van der Waals surface area (Å²) in [4.78, 5) is 0. The molecule has 0 atom stereocenters. The first-order valence-electron chi connectivity index (χ1n) is 10.3. The third kappa shape index (κ3) is 5.07. The molecule has 0 amide bonds. The van der Waals surface area contributed by atoms with E-state index >= 15 is 0 Å². The molecule has 0 radical (unpaired) electrons. The molecule has 0 spiro atoms. The summed E-state index contributed by atoms with van der Waals surface area (Å²) in [6.45, 7) is 12.9. The maximum Gasteiger partial charge on any atom is 0.142 e. The first-order valence-corrected chi connectivity index (χ1v) is 10.3. The van der Waals surface area contributed by atoms with E-state index in [1.807, 2.05) is 60.7 Å². The van der Waals surface area contributed by atoms with Crippen molar-refractivity contribution in [3.8, 4) is 5.75 Å². The van der Waals surface area contributed by atoms with Crippen LogP contribution in [-0.4, -0.2) is 5.11 Å². The zero-order valence-electron chi connectivity index (χ0n) is 18.7. The Morgan fingerprint density at radius 2 is 1.33 bits per heavy atom. The minimum atomic E-state index is -0.186. The van der Waals surface area contributed by atoms with E-state index in [1.165, 1.54) is 0 Å². The fraction of sp³-hybridized carbons (Fsp3) is 0.308. The van der Waals surface area contributed by atoms with Gasteiger partial charge in [0.05, 0.1) is 17.1 Å². The highest BCUT2D eigenvalue weighted by Crippen LogP contribution is 2.42. The lowest BCUT2D eigenvalue weighted by atomic mass is 9.79. The second-order valence-electron chi connectivity index (χ2n) is 9.60. The second kappa shape index (κ2) is 8.31. The van der Waals surface area contributed by atoms with Gasteiger partial charge in [-0.3, -0.25) is 0 Å². The van der Waals surface area contributed by atoms with Crippen molar-refractivity contribution in [3.63, 3.8) is 0 Å². The Balaban J connectivity index is 2.04. The number of rotatable bonds is 4. The molecule has 3 aromatic rings. The molecule has 0 unspecified atom stereocenters. The smallest absolute Gasteiger partial charge is 0.142 e. The quantitative estimate of drug-likeness (QED) is 0.342. The average molecular weight is 402 g/mol. The number of hydrogen-bond acceptors (Lipinski definition) is 4. The molecule has 4 heteroatoms. The number of para-hydroxylation sites is 1. The predicted molar refractivity (Wildman–Crippen MR) is 126 cm³/mol. The molecule has 3 rings (SSSR count). The van der Waals surface area contributed by atoms with E-state index in [9.17, 15) is 5.11 Å². The highest BCUT2D eigenvalue weighted by Gasteiger charge is 2.25. The van der Waals surface area contributed by atoms with Crippen molar-refractivity contribution in [1.82, 2.24) is 0 Å². The molecule has 4 nitrogen and oxygen atoms in total. The summed E-state index contributed by atoms with van der Waals surface area (Å²) < 4.78 is 0. The monoisotopic (exact) mass is 401 g/mol. The van der Waals surface area contributed by atoms with Gasteiger partial charge in [0.25, 0.3) is 0 Å². The van der Waals surface area contributed by atoms with Crippen LogP contribution < -0.4 is 5.32 Å². The van der Waals surface area contributed by atoms with Gasteiger partial charge in [-0.25, -0.2) is 0 Å². The lowest BCUT2D eigenvalue weighted by Crippen LogP contribution is -2.17. The van der Waals surface area contributed by atoms with Gasteiger partial charge < -0.3 is 10.4 Å². The third-order valence-electron chi connectivity index (χ3n) is 4.99. The zero-order chi connectivity index (χ0) is 21.9. The standard InChI is InChI=1S/C26H31N3O/c1-25(2,3)18-16-20(26(4,5)6)24(30)23(17-18)27-21-14-10-11-15-22(21)29-28-19-12-8-7-9-13-19/h7-17,27,30H,1-6H3. The number of aromatic hydroxyl groups is 1.